The molecule has 5 aromatic rings. The molecule has 0 radical (unpaired) electrons. The van der Waals surface area contributed by atoms with Gasteiger partial charge in [0.15, 0.2) is 11.6 Å². The van der Waals surface area contributed by atoms with E-state index >= 15 is 0 Å². The molecule has 0 spiro atoms. The van der Waals surface area contributed by atoms with Gasteiger partial charge in [0.25, 0.3) is 0 Å². The smallest absolute Gasteiger partial charge is 0.248 e. The summed E-state index contributed by atoms with van der Waals surface area (Å²) in [7, 11) is 0. The van der Waals surface area contributed by atoms with Gasteiger partial charge in [-0.2, -0.15) is 0 Å². The molecule has 10 heteroatoms. The zero-order valence-electron chi connectivity index (χ0n) is 20.9. The number of hydrogen-bond donors (Lipinski definition) is 2. The third-order valence-corrected chi connectivity index (χ3v) is 6.45. The molecule has 40 heavy (non-hydrogen) atoms. The Balaban J connectivity index is 1.51. The van der Waals surface area contributed by atoms with Crippen LogP contribution < -0.4 is 11.1 Å². The summed E-state index contributed by atoms with van der Waals surface area (Å²) in [5, 5.41) is 3.29. The van der Waals surface area contributed by atoms with Crippen molar-refractivity contribution in [2.75, 3.05) is 0 Å². The number of nitrogens with two attached hydrogens (primary N) is 1. The second kappa shape index (κ2) is 11.0. The number of benzene rings is 3. The molecule has 0 bridgehead atoms. The minimum Gasteiger partial charge on any atom is -0.366 e. The number of pyridine rings is 1. The molecule has 0 saturated carbocycles. The highest BCUT2D eigenvalue weighted by Gasteiger charge is 2.22. The van der Waals surface area contributed by atoms with Gasteiger partial charge in [-0.1, -0.05) is 18.2 Å². The number of fused-ring (bicyclic) bond motifs is 1. The normalized spacial score (nSPS) is 11.9. The van der Waals surface area contributed by atoms with Crippen LogP contribution in [0.4, 0.5) is 17.6 Å². The zero-order valence-corrected chi connectivity index (χ0v) is 20.9. The van der Waals surface area contributed by atoms with Crippen molar-refractivity contribution >= 4 is 22.7 Å². The van der Waals surface area contributed by atoms with Gasteiger partial charge in [0.2, 0.25) is 11.8 Å². The first-order chi connectivity index (χ1) is 19.2. The van der Waals surface area contributed by atoms with E-state index in [1.165, 1.54) is 17.0 Å². The fraction of sp³-hybridized carbons (Fsp3) is 0.100. The van der Waals surface area contributed by atoms with E-state index in [0.29, 0.717) is 27.7 Å². The van der Waals surface area contributed by atoms with Gasteiger partial charge >= 0.3 is 0 Å². The molecule has 202 valence electrons. The molecule has 2 heterocycles. The monoisotopic (exact) mass is 546 g/mol. The van der Waals surface area contributed by atoms with Crippen molar-refractivity contribution in [3.63, 3.8) is 0 Å². The van der Waals surface area contributed by atoms with Gasteiger partial charge < -0.3 is 15.6 Å². The quantitative estimate of drug-likeness (QED) is 0.253. The molecule has 6 nitrogen and oxygen atoms in total. The average Bonchev–Trinajstić information content (AvgIpc) is 3.28. The number of halogens is 4. The molecule has 1 unspecified atom stereocenters. The predicted molar refractivity (Wildman–Crippen MR) is 141 cm³/mol. The second-order valence-electron chi connectivity index (χ2n) is 9.25. The minimum atomic E-state index is -1.05. The van der Waals surface area contributed by atoms with E-state index in [2.05, 4.69) is 10.3 Å². The summed E-state index contributed by atoms with van der Waals surface area (Å²) in [4.78, 5) is 29.5. The first-order valence-electron chi connectivity index (χ1n) is 12.2. The summed E-state index contributed by atoms with van der Waals surface area (Å²) >= 11 is 0. The second-order valence-corrected chi connectivity index (χ2v) is 9.25. The van der Waals surface area contributed by atoms with Crippen LogP contribution >= 0.6 is 0 Å². The molecular weight excluding hydrogens is 524 g/mol. The maximum absolute atomic E-state index is 14.0. The predicted octanol–water partition coefficient (Wildman–Crippen LogP) is 5.46. The number of nitrogens with one attached hydrogen (secondary N) is 1. The van der Waals surface area contributed by atoms with Crippen molar-refractivity contribution in [1.29, 1.82) is 0 Å². The van der Waals surface area contributed by atoms with E-state index in [9.17, 15) is 27.2 Å². The van der Waals surface area contributed by atoms with Gasteiger partial charge in [-0.25, -0.2) is 17.6 Å². The fourth-order valence-corrected chi connectivity index (χ4v) is 4.68. The van der Waals surface area contributed by atoms with Crippen molar-refractivity contribution in [3.8, 4) is 11.1 Å². The molecule has 1 atom stereocenters. The Kier molecular flexibility index (Phi) is 7.33. The van der Waals surface area contributed by atoms with Crippen molar-refractivity contribution < 1.29 is 27.2 Å². The van der Waals surface area contributed by atoms with Crippen molar-refractivity contribution in [3.05, 3.63) is 125 Å². The standard InChI is InChI=1S/C30H22F4N4O2/c31-21-9-17(10-22(32)14-21)11-26(29-23(5-2-7-36-29)18-3-1-4-20(12-18)30(35)40)37-28(39)16-38-8-6-19-13-24(33)25(34)15-27(19)38/h1-10,12-15,26H,11,16H2,(H2,35,40)(H,37,39). The van der Waals surface area contributed by atoms with Crippen LogP contribution in [0.25, 0.3) is 22.0 Å². The molecule has 3 N–H and O–H groups in total. The molecule has 0 aliphatic heterocycles. The molecule has 5 rings (SSSR count). The Hall–Kier alpha value is -4.99. The van der Waals surface area contributed by atoms with Crippen LogP contribution in [0, 0.1) is 23.3 Å². The number of amides is 2. The SMILES string of the molecule is NC(=O)c1cccc(-c2cccnc2C(Cc2cc(F)cc(F)c2)NC(=O)Cn2ccc3cc(F)c(F)cc32)c1. The topological polar surface area (TPSA) is 90.0 Å². The van der Waals surface area contributed by atoms with E-state index in [0.717, 1.165) is 30.3 Å². The summed E-state index contributed by atoms with van der Waals surface area (Å²) in [6, 6.07) is 15.8. The van der Waals surface area contributed by atoms with Crippen LogP contribution in [0.3, 0.4) is 0 Å². The Bertz CT molecular complexity index is 1730. The lowest BCUT2D eigenvalue weighted by atomic mass is 9.94. The third-order valence-electron chi connectivity index (χ3n) is 6.45. The van der Waals surface area contributed by atoms with Crippen LogP contribution in [0.1, 0.15) is 27.7 Å². The number of carbonyl (C=O) groups excluding carboxylic acids is 2. The van der Waals surface area contributed by atoms with Crippen LogP contribution in [-0.4, -0.2) is 21.4 Å². The molecule has 3 aromatic carbocycles. The van der Waals surface area contributed by atoms with E-state index in [-0.39, 0.29) is 24.1 Å². The summed E-state index contributed by atoms with van der Waals surface area (Å²) in [5.74, 6) is -4.73. The molecule has 2 aromatic heterocycles. The summed E-state index contributed by atoms with van der Waals surface area (Å²) < 4.78 is 57.0. The first kappa shape index (κ1) is 26.6. The molecule has 0 aliphatic carbocycles. The number of carbonyl (C=O) groups is 2. The molecule has 0 saturated heterocycles. The summed E-state index contributed by atoms with van der Waals surface area (Å²) in [6.07, 6.45) is 3.02. The molecule has 2 amide bonds. The first-order valence-corrected chi connectivity index (χ1v) is 12.2. The number of nitrogens with zero attached hydrogens (tertiary/aromatic N) is 2. The van der Waals surface area contributed by atoms with Gasteiger partial charge in [-0.15, -0.1) is 0 Å². The lowest BCUT2D eigenvalue weighted by Gasteiger charge is -2.22. The van der Waals surface area contributed by atoms with Crippen LogP contribution in [0.2, 0.25) is 0 Å². The largest absolute Gasteiger partial charge is 0.366 e. The number of aromatic nitrogens is 2. The van der Waals surface area contributed by atoms with Crippen LogP contribution in [-0.2, 0) is 17.8 Å². The van der Waals surface area contributed by atoms with E-state index in [1.807, 2.05) is 0 Å². The molecule has 0 aliphatic rings. The van der Waals surface area contributed by atoms with Crippen molar-refractivity contribution in [2.24, 2.45) is 5.73 Å². The van der Waals surface area contributed by atoms with E-state index in [1.54, 1.807) is 42.5 Å². The Morgan fingerprint density at radius 2 is 1.65 bits per heavy atom. The zero-order chi connectivity index (χ0) is 28.4. The maximum Gasteiger partial charge on any atom is 0.248 e. The highest BCUT2D eigenvalue weighted by Crippen LogP contribution is 2.30. The average molecular weight is 547 g/mol. The van der Waals surface area contributed by atoms with Crippen molar-refractivity contribution in [2.45, 2.75) is 19.0 Å². The Morgan fingerprint density at radius 1 is 0.900 bits per heavy atom. The van der Waals surface area contributed by atoms with Crippen molar-refractivity contribution in [1.82, 2.24) is 14.9 Å². The van der Waals surface area contributed by atoms with Crippen LogP contribution in [0.15, 0.2) is 85.2 Å². The molecule has 0 fully saturated rings. The fourth-order valence-electron chi connectivity index (χ4n) is 4.68. The lowest BCUT2D eigenvalue weighted by Crippen LogP contribution is -2.33. The number of rotatable bonds is 8. The highest BCUT2D eigenvalue weighted by atomic mass is 19.2. The van der Waals surface area contributed by atoms with Gasteiger partial charge in [0.1, 0.15) is 18.2 Å². The van der Waals surface area contributed by atoms with Gasteiger partial charge in [0.05, 0.1) is 17.3 Å². The summed E-state index contributed by atoms with van der Waals surface area (Å²) in [5.41, 5.74) is 7.85. The Morgan fingerprint density at radius 3 is 2.40 bits per heavy atom. The van der Waals surface area contributed by atoms with E-state index in [4.69, 9.17) is 5.73 Å². The Labute approximate surface area is 226 Å². The van der Waals surface area contributed by atoms with Gasteiger partial charge in [-0.05, 0) is 60.0 Å². The minimum absolute atomic E-state index is 0.0216. The maximum atomic E-state index is 14.0. The number of primary amides is 1. The summed E-state index contributed by atoms with van der Waals surface area (Å²) in [6.45, 7) is -0.248. The third kappa shape index (κ3) is 5.70. The molecular formula is C30H22F4N4O2. The highest BCUT2D eigenvalue weighted by molar-refractivity contribution is 5.94. The van der Waals surface area contributed by atoms with Gasteiger partial charge in [-0.3, -0.25) is 14.6 Å². The van der Waals surface area contributed by atoms with E-state index < -0.39 is 41.1 Å². The number of hydrogen-bond acceptors (Lipinski definition) is 3. The lowest BCUT2D eigenvalue weighted by molar-refractivity contribution is -0.122. The van der Waals surface area contributed by atoms with Gasteiger partial charge in [0, 0.05) is 41.0 Å². The van der Waals surface area contributed by atoms with Crippen LogP contribution in [0.5, 0.6) is 0 Å².